The van der Waals surface area contributed by atoms with Crippen LogP contribution in [-0.2, 0) is 41.6 Å². The Kier molecular flexibility index (Phi) is 13.8. The van der Waals surface area contributed by atoms with Crippen LogP contribution in [0.15, 0.2) is 54.6 Å². The maximum Gasteiger partial charge on any atom is 0.326 e. The molecule has 0 spiro atoms. The number of aromatic hydroxyl groups is 1. The number of carboxylic acid groups (broad SMARTS) is 2. The topological polar surface area (TPSA) is 237 Å². The first kappa shape index (κ1) is 35.2. The fourth-order valence-corrected chi connectivity index (χ4v) is 4.28. The summed E-state index contributed by atoms with van der Waals surface area (Å²) in [7, 11) is 0. The Morgan fingerprint density at radius 3 is 1.61 bits per heavy atom. The number of aliphatic carboxylic acids is 2. The number of hydrogen-bond acceptors (Lipinski definition) is 8. The van der Waals surface area contributed by atoms with E-state index in [1.54, 1.807) is 30.3 Å². The SMILES string of the molecule is CC(C)C[C@H](NC(=O)CN)C(=O)N[C@@H](Cc1ccccc1)C(=O)N[C@@H](Cc1ccc(O)cc1)C(=O)N[C@@H](CC(=O)O)C(=O)O. The van der Waals surface area contributed by atoms with E-state index in [0.717, 1.165) is 0 Å². The molecule has 0 saturated carbocycles. The highest BCUT2D eigenvalue weighted by Gasteiger charge is 2.32. The number of carboxylic acids is 2. The minimum atomic E-state index is -1.78. The van der Waals surface area contributed by atoms with Crippen LogP contribution in [-0.4, -0.2) is 81.6 Å². The van der Waals surface area contributed by atoms with E-state index < -0.39 is 66.2 Å². The number of nitrogens with two attached hydrogens (primary N) is 1. The second-order valence-electron chi connectivity index (χ2n) is 10.6. The van der Waals surface area contributed by atoms with Gasteiger partial charge in [-0.25, -0.2) is 4.79 Å². The van der Waals surface area contributed by atoms with Gasteiger partial charge in [0, 0.05) is 12.8 Å². The van der Waals surface area contributed by atoms with E-state index in [9.17, 15) is 39.0 Å². The fraction of sp³-hybridized carbons (Fsp3) is 0.400. The molecule has 0 saturated heterocycles. The average Bonchev–Trinajstić information content (AvgIpc) is 2.96. The lowest BCUT2D eigenvalue weighted by Gasteiger charge is -2.26. The molecule has 2 aromatic rings. The van der Waals surface area contributed by atoms with Crippen LogP contribution in [0.4, 0.5) is 0 Å². The van der Waals surface area contributed by atoms with E-state index in [1.165, 1.54) is 24.3 Å². The number of nitrogens with one attached hydrogen (secondary N) is 4. The van der Waals surface area contributed by atoms with E-state index >= 15 is 0 Å². The molecule has 0 aromatic heterocycles. The van der Waals surface area contributed by atoms with Crippen molar-refractivity contribution in [1.29, 1.82) is 0 Å². The molecule has 2 rings (SSSR count). The normalized spacial score (nSPS) is 13.5. The van der Waals surface area contributed by atoms with Crippen LogP contribution >= 0.6 is 0 Å². The molecule has 0 radical (unpaired) electrons. The standard InChI is InChI=1S/C30H39N5O9/c1-17(2)12-21(32-25(37)16-31)27(40)33-22(13-18-6-4-3-5-7-18)28(41)34-23(14-19-8-10-20(36)11-9-19)29(42)35-24(30(43)44)15-26(38)39/h3-11,17,21-24,36H,12-16,31H2,1-2H3,(H,32,37)(H,33,40)(H,34,41)(H,35,42)(H,38,39)(H,43,44)/t21-,22-,23-,24-/m0/s1. The highest BCUT2D eigenvalue weighted by atomic mass is 16.4. The van der Waals surface area contributed by atoms with Crippen LogP contribution in [0.25, 0.3) is 0 Å². The van der Waals surface area contributed by atoms with Gasteiger partial charge in [0.2, 0.25) is 23.6 Å². The number of carbonyl (C=O) groups is 6. The van der Waals surface area contributed by atoms with Crippen molar-refractivity contribution in [1.82, 2.24) is 21.3 Å². The van der Waals surface area contributed by atoms with Gasteiger partial charge in [-0.3, -0.25) is 24.0 Å². The van der Waals surface area contributed by atoms with E-state index in [4.69, 9.17) is 10.8 Å². The Morgan fingerprint density at radius 1 is 0.682 bits per heavy atom. The number of rotatable bonds is 17. The third kappa shape index (κ3) is 12.1. The van der Waals surface area contributed by atoms with Crippen molar-refractivity contribution in [2.75, 3.05) is 6.54 Å². The Labute approximate surface area is 254 Å². The van der Waals surface area contributed by atoms with Gasteiger partial charge in [-0.05, 0) is 35.6 Å². The molecule has 238 valence electrons. The average molecular weight is 614 g/mol. The summed E-state index contributed by atoms with van der Waals surface area (Å²) in [5.74, 6) is -6.07. The third-order valence-electron chi connectivity index (χ3n) is 6.46. The quantitative estimate of drug-likeness (QED) is 0.116. The van der Waals surface area contributed by atoms with Gasteiger partial charge in [0.15, 0.2) is 0 Å². The first-order chi connectivity index (χ1) is 20.8. The smallest absolute Gasteiger partial charge is 0.326 e. The molecular formula is C30H39N5O9. The second-order valence-corrected chi connectivity index (χ2v) is 10.6. The van der Waals surface area contributed by atoms with Gasteiger partial charge < -0.3 is 42.3 Å². The lowest BCUT2D eigenvalue weighted by molar-refractivity contribution is -0.147. The minimum absolute atomic E-state index is 0.00195. The molecule has 14 heteroatoms. The number of hydrogen-bond donors (Lipinski definition) is 8. The van der Waals surface area contributed by atoms with Gasteiger partial charge >= 0.3 is 11.9 Å². The minimum Gasteiger partial charge on any atom is -0.508 e. The van der Waals surface area contributed by atoms with Crippen molar-refractivity contribution in [3.63, 3.8) is 0 Å². The monoisotopic (exact) mass is 613 g/mol. The van der Waals surface area contributed by atoms with E-state index in [1.807, 2.05) is 13.8 Å². The van der Waals surface area contributed by atoms with Crippen molar-refractivity contribution in [3.8, 4) is 5.75 Å². The highest BCUT2D eigenvalue weighted by molar-refractivity contribution is 5.95. The zero-order chi connectivity index (χ0) is 32.8. The van der Waals surface area contributed by atoms with Crippen LogP contribution in [0.2, 0.25) is 0 Å². The van der Waals surface area contributed by atoms with Crippen LogP contribution in [0.3, 0.4) is 0 Å². The lowest BCUT2D eigenvalue weighted by Crippen LogP contribution is -2.59. The largest absolute Gasteiger partial charge is 0.508 e. The molecule has 0 bridgehead atoms. The van der Waals surface area contributed by atoms with Crippen LogP contribution in [0.5, 0.6) is 5.75 Å². The van der Waals surface area contributed by atoms with Crippen molar-refractivity contribution in [3.05, 3.63) is 65.7 Å². The Hall–Kier alpha value is -4.98. The van der Waals surface area contributed by atoms with E-state index in [0.29, 0.717) is 11.1 Å². The molecule has 44 heavy (non-hydrogen) atoms. The van der Waals surface area contributed by atoms with Crippen molar-refractivity contribution in [2.24, 2.45) is 11.7 Å². The second kappa shape index (κ2) is 17.2. The van der Waals surface area contributed by atoms with Gasteiger partial charge in [0.25, 0.3) is 0 Å². The number of benzene rings is 2. The predicted octanol–water partition coefficient (Wildman–Crippen LogP) is -0.319. The zero-order valence-electron chi connectivity index (χ0n) is 24.5. The Bertz CT molecular complexity index is 1300. The summed E-state index contributed by atoms with van der Waals surface area (Å²) in [6, 6.07) is 9.01. The number of phenolic OH excluding ortho intramolecular Hbond substituents is 1. The molecule has 0 aliphatic heterocycles. The summed E-state index contributed by atoms with van der Waals surface area (Å²) < 4.78 is 0. The maximum atomic E-state index is 13.7. The zero-order valence-corrected chi connectivity index (χ0v) is 24.5. The lowest BCUT2D eigenvalue weighted by atomic mass is 10.00. The summed E-state index contributed by atoms with van der Waals surface area (Å²) in [4.78, 5) is 75.0. The molecule has 0 aliphatic carbocycles. The van der Waals surface area contributed by atoms with Crippen LogP contribution in [0.1, 0.15) is 37.8 Å². The molecular weight excluding hydrogens is 574 g/mol. The summed E-state index contributed by atoms with van der Waals surface area (Å²) in [5.41, 5.74) is 6.57. The maximum absolute atomic E-state index is 13.7. The van der Waals surface area contributed by atoms with Crippen molar-refractivity contribution >= 4 is 35.6 Å². The molecule has 0 unspecified atom stereocenters. The molecule has 2 aromatic carbocycles. The van der Waals surface area contributed by atoms with Gasteiger partial charge in [-0.2, -0.15) is 0 Å². The molecule has 0 fully saturated rings. The summed E-state index contributed by atoms with van der Waals surface area (Å²) >= 11 is 0. The predicted molar refractivity (Wildman–Crippen MR) is 158 cm³/mol. The molecule has 0 heterocycles. The highest BCUT2D eigenvalue weighted by Crippen LogP contribution is 2.13. The van der Waals surface area contributed by atoms with E-state index in [2.05, 4.69) is 21.3 Å². The third-order valence-corrected chi connectivity index (χ3v) is 6.46. The van der Waals surface area contributed by atoms with Crippen LogP contribution in [0, 0.1) is 5.92 Å². The fourth-order valence-electron chi connectivity index (χ4n) is 4.28. The Balaban J connectivity index is 2.39. The summed E-state index contributed by atoms with van der Waals surface area (Å²) in [6.45, 7) is 3.36. The van der Waals surface area contributed by atoms with Crippen molar-refractivity contribution in [2.45, 2.75) is 63.7 Å². The summed E-state index contributed by atoms with van der Waals surface area (Å²) in [6.07, 6.45) is -0.809. The summed E-state index contributed by atoms with van der Waals surface area (Å²) in [5, 5.41) is 38.1. The van der Waals surface area contributed by atoms with Gasteiger partial charge in [-0.1, -0.05) is 56.3 Å². The van der Waals surface area contributed by atoms with E-state index in [-0.39, 0.29) is 37.5 Å². The van der Waals surface area contributed by atoms with Crippen molar-refractivity contribution < 1.29 is 44.1 Å². The van der Waals surface area contributed by atoms with Gasteiger partial charge in [0.1, 0.15) is 29.9 Å². The number of phenols is 1. The first-order valence-corrected chi connectivity index (χ1v) is 14.0. The molecule has 4 amide bonds. The number of amides is 4. The van der Waals surface area contributed by atoms with Crippen LogP contribution < -0.4 is 27.0 Å². The number of carbonyl (C=O) groups excluding carboxylic acids is 4. The molecule has 14 nitrogen and oxygen atoms in total. The molecule has 9 N–H and O–H groups in total. The molecule has 0 aliphatic rings. The Morgan fingerprint density at radius 2 is 1.16 bits per heavy atom. The molecule has 4 atom stereocenters. The van der Waals surface area contributed by atoms with Gasteiger partial charge in [0.05, 0.1) is 13.0 Å². The van der Waals surface area contributed by atoms with Gasteiger partial charge in [-0.15, -0.1) is 0 Å². The first-order valence-electron chi connectivity index (χ1n) is 14.0.